The van der Waals surface area contributed by atoms with Gasteiger partial charge >= 0.3 is 0 Å². The van der Waals surface area contributed by atoms with Gasteiger partial charge in [-0.3, -0.25) is 0 Å². The van der Waals surface area contributed by atoms with Gasteiger partial charge in [0.05, 0.1) is 12.1 Å². The van der Waals surface area contributed by atoms with Gasteiger partial charge in [0.15, 0.2) is 6.10 Å². The Morgan fingerprint density at radius 2 is 2.55 bits per heavy atom. The first-order chi connectivity index (χ1) is 5.40. The molecule has 58 valence electrons. The number of nitrogens with two attached hydrogens (primary N) is 1. The lowest BCUT2D eigenvalue weighted by molar-refractivity contribution is 0.105. The van der Waals surface area contributed by atoms with Crippen LogP contribution in [-0.2, 0) is 4.84 Å². The van der Waals surface area contributed by atoms with E-state index >= 15 is 0 Å². The van der Waals surface area contributed by atoms with Gasteiger partial charge in [-0.25, -0.2) is 0 Å². The predicted octanol–water partition coefficient (Wildman–Crippen LogP) is 0.442. The Balaban J connectivity index is 2.18. The molecule has 2 N–H and O–H groups in total. The molecule has 2 rings (SSSR count). The van der Waals surface area contributed by atoms with Crippen LogP contribution < -0.4 is 5.73 Å². The highest BCUT2D eigenvalue weighted by Crippen LogP contribution is 2.22. The second-order valence-corrected chi connectivity index (χ2v) is 2.71. The van der Waals surface area contributed by atoms with Gasteiger partial charge in [0.2, 0.25) is 0 Å². The summed E-state index contributed by atoms with van der Waals surface area (Å²) in [6.07, 6.45) is 8.03. The minimum absolute atomic E-state index is 0.0959. The van der Waals surface area contributed by atoms with Crippen molar-refractivity contribution in [1.29, 1.82) is 0 Å². The number of hydrogen-bond donors (Lipinski definition) is 1. The molecule has 0 amide bonds. The SMILES string of the molecule is NCC1=CC2ON=CC2C=C1. The maximum atomic E-state index is 5.47. The average molecular weight is 150 g/mol. The molecule has 0 radical (unpaired) electrons. The van der Waals surface area contributed by atoms with E-state index in [9.17, 15) is 0 Å². The minimum Gasteiger partial charge on any atom is -0.388 e. The maximum absolute atomic E-state index is 5.47. The zero-order valence-corrected chi connectivity index (χ0v) is 6.10. The summed E-state index contributed by atoms with van der Waals surface area (Å²) in [6, 6.07) is 0. The summed E-state index contributed by atoms with van der Waals surface area (Å²) in [5.41, 5.74) is 6.59. The first-order valence-corrected chi connectivity index (χ1v) is 3.68. The summed E-state index contributed by atoms with van der Waals surface area (Å²) in [6.45, 7) is 0.572. The van der Waals surface area contributed by atoms with E-state index < -0.39 is 0 Å². The standard InChI is InChI=1S/C8H10N2O/c9-4-6-1-2-7-5-10-11-8(7)3-6/h1-3,5,7-8H,4,9H2. The van der Waals surface area contributed by atoms with Crippen molar-refractivity contribution in [3.63, 3.8) is 0 Å². The van der Waals surface area contributed by atoms with E-state index in [0.29, 0.717) is 12.5 Å². The van der Waals surface area contributed by atoms with E-state index in [0.717, 1.165) is 5.57 Å². The lowest BCUT2D eigenvalue weighted by Gasteiger charge is -2.14. The smallest absolute Gasteiger partial charge is 0.157 e. The molecule has 3 heteroatoms. The first kappa shape index (κ1) is 6.61. The molecule has 1 aliphatic carbocycles. The summed E-state index contributed by atoms with van der Waals surface area (Å²) >= 11 is 0. The van der Waals surface area contributed by atoms with Gasteiger partial charge < -0.3 is 10.6 Å². The average Bonchev–Trinajstić information content (AvgIpc) is 2.50. The van der Waals surface area contributed by atoms with E-state index in [-0.39, 0.29) is 6.10 Å². The predicted molar refractivity (Wildman–Crippen MR) is 43.1 cm³/mol. The van der Waals surface area contributed by atoms with Crippen LogP contribution in [0.1, 0.15) is 0 Å². The van der Waals surface area contributed by atoms with Crippen molar-refractivity contribution >= 4 is 6.21 Å². The maximum Gasteiger partial charge on any atom is 0.157 e. The fraction of sp³-hybridized carbons (Fsp3) is 0.375. The van der Waals surface area contributed by atoms with Crippen molar-refractivity contribution < 1.29 is 4.84 Å². The molecule has 2 atom stereocenters. The van der Waals surface area contributed by atoms with E-state index in [1.54, 1.807) is 0 Å². The number of rotatable bonds is 1. The van der Waals surface area contributed by atoms with Gasteiger partial charge in [0.25, 0.3) is 0 Å². The van der Waals surface area contributed by atoms with Gasteiger partial charge in [-0.15, -0.1) is 0 Å². The Morgan fingerprint density at radius 3 is 3.36 bits per heavy atom. The summed E-state index contributed by atoms with van der Waals surface area (Å²) in [4.78, 5) is 5.08. The van der Waals surface area contributed by atoms with Gasteiger partial charge in [-0.2, -0.15) is 0 Å². The Kier molecular flexibility index (Phi) is 1.51. The van der Waals surface area contributed by atoms with Crippen molar-refractivity contribution in [3.8, 4) is 0 Å². The quantitative estimate of drug-likeness (QED) is 0.589. The van der Waals surface area contributed by atoms with E-state index in [1.165, 1.54) is 0 Å². The van der Waals surface area contributed by atoms with Crippen LogP contribution in [0, 0.1) is 5.92 Å². The molecule has 0 spiro atoms. The van der Waals surface area contributed by atoms with Crippen LogP contribution in [0.4, 0.5) is 0 Å². The third kappa shape index (κ3) is 1.07. The third-order valence-corrected chi connectivity index (χ3v) is 1.94. The van der Waals surface area contributed by atoms with Crippen LogP contribution in [-0.4, -0.2) is 18.9 Å². The van der Waals surface area contributed by atoms with Crippen molar-refractivity contribution in [1.82, 2.24) is 0 Å². The van der Waals surface area contributed by atoms with Crippen molar-refractivity contribution in [2.24, 2.45) is 16.8 Å². The molecule has 3 nitrogen and oxygen atoms in total. The summed E-state index contributed by atoms with van der Waals surface area (Å²) < 4.78 is 0. The molecule has 0 bridgehead atoms. The number of nitrogens with zero attached hydrogens (tertiary/aromatic N) is 1. The number of fused-ring (bicyclic) bond motifs is 1. The minimum atomic E-state index is 0.0959. The van der Waals surface area contributed by atoms with Crippen molar-refractivity contribution in [2.75, 3.05) is 6.54 Å². The summed E-state index contributed by atoms with van der Waals surface area (Å²) in [5, 5.41) is 3.73. The Morgan fingerprint density at radius 1 is 1.64 bits per heavy atom. The van der Waals surface area contributed by atoms with E-state index in [4.69, 9.17) is 10.6 Å². The van der Waals surface area contributed by atoms with E-state index in [2.05, 4.69) is 11.2 Å². The molecule has 0 fully saturated rings. The van der Waals surface area contributed by atoms with Crippen LogP contribution >= 0.6 is 0 Å². The monoisotopic (exact) mass is 150 g/mol. The number of oxime groups is 1. The zero-order valence-electron chi connectivity index (χ0n) is 6.10. The molecular weight excluding hydrogens is 140 g/mol. The van der Waals surface area contributed by atoms with Gasteiger partial charge in [0, 0.05) is 6.54 Å². The lowest BCUT2D eigenvalue weighted by Crippen LogP contribution is -2.19. The fourth-order valence-electron chi connectivity index (χ4n) is 1.27. The van der Waals surface area contributed by atoms with Crippen molar-refractivity contribution in [2.45, 2.75) is 6.10 Å². The van der Waals surface area contributed by atoms with Gasteiger partial charge in [-0.05, 0) is 11.6 Å². The lowest BCUT2D eigenvalue weighted by atomic mass is 9.95. The third-order valence-electron chi connectivity index (χ3n) is 1.94. The highest BCUT2D eigenvalue weighted by molar-refractivity contribution is 5.67. The summed E-state index contributed by atoms with van der Waals surface area (Å²) in [5.74, 6) is 0.324. The second kappa shape index (κ2) is 2.51. The second-order valence-electron chi connectivity index (χ2n) is 2.71. The molecule has 0 saturated heterocycles. The molecule has 0 aromatic carbocycles. The molecule has 1 aliphatic heterocycles. The van der Waals surface area contributed by atoms with Crippen LogP contribution in [0.5, 0.6) is 0 Å². The zero-order chi connectivity index (χ0) is 7.68. The Bertz CT molecular complexity index is 242. The molecule has 2 aliphatic rings. The largest absolute Gasteiger partial charge is 0.388 e. The van der Waals surface area contributed by atoms with E-state index in [1.807, 2.05) is 18.4 Å². The molecule has 0 aromatic heterocycles. The molecule has 0 aromatic rings. The van der Waals surface area contributed by atoms with Crippen LogP contribution in [0.2, 0.25) is 0 Å². The Hall–Kier alpha value is -1.09. The number of hydrogen-bond acceptors (Lipinski definition) is 3. The topological polar surface area (TPSA) is 47.6 Å². The Labute approximate surface area is 65.2 Å². The molecule has 2 unspecified atom stereocenters. The van der Waals surface area contributed by atoms with Crippen LogP contribution in [0.25, 0.3) is 0 Å². The van der Waals surface area contributed by atoms with Crippen LogP contribution in [0.3, 0.4) is 0 Å². The molecular formula is C8H10N2O. The molecule has 1 heterocycles. The van der Waals surface area contributed by atoms with Crippen molar-refractivity contribution in [3.05, 3.63) is 23.8 Å². The summed E-state index contributed by atoms with van der Waals surface area (Å²) in [7, 11) is 0. The fourth-order valence-corrected chi connectivity index (χ4v) is 1.27. The van der Waals surface area contributed by atoms with Gasteiger partial charge in [0.1, 0.15) is 0 Å². The molecule has 0 saturated carbocycles. The highest BCUT2D eigenvalue weighted by Gasteiger charge is 2.24. The molecule has 11 heavy (non-hydrogen) atoms. The normalized spacial score (nSPS) is 33.0. The highest BCUT2D eigenvalue weighted by atomic mass is 16.6. The van der Waals surface area contributed by atoms with Crippen LogP contribution in [0.15, 0.2) is 29.0 Å². The van der Waals surface area contributed by atoms with Gasteiger partial charge in [-0.1, -0.05) is 17.3 Å². The first-order valence-electron chi connectivity index (χ1n) is 3.68.